The molecule has 218 valence electrons. The number of hydrogen-bond donors (Lipinski definition) is 0. The third-order valence-electron chi connectivity index (χ3n) is 10.6. The number of quaternary nitrogens is 1. The summed E-state index contributed by atoms with van der Waals surface area (Å²) in [7, 11) is 0. The molecule has 5 atom stereocenters. The van der Waals surface area contributed by atoms with Gasteiger partial charge < -0.3 is 9.22 Å². The molecule has 3 fully saturated rings. The lowest BCUT2D eigenvalue weighted by Gasteiger charge is -2.58. The fourth-order valence-electron chi connectivity index (χ4n) is 8.49. The summed E-state index contributed by atoms with van der Waals surface area (Å²) >= 11 is 0. The second-order valence-corrected chi connectivity index (χ2v) is 13.0. The molecule has 2 bridgehead atoms. The lowest BCUT2D eigenvalue weighted by Crippen LogP contribution is -2.67. The first-order valence-electron chi connectivity index (χ1n) is 16.1. The maximum Gasteiger partial charge on any atom is 0.135 e. The van der Waals surface area contributed by atoms with Crippen molar-refractivity contribution in [3.63, 3.8) is 0 Å². The fourth-order valence-corrected chi connectivity index (χ4v) is 8.49. The number of hydrogen-bond acceptors (Lipinski definition) is 2. The minimum atomic E-state index is -0.0575. The standard InChI is InChI=1S/C41H39N2O/c1-2-30-26-43(27-38-34-16-8-6-14-32(34)24-33-15-7-9-17-35(33)38)23-21-31(30)25-40(43)41(44-28-29-12-4-3-5-13-29)37-20-22-42-39-19-11-10-18-36(37)39/h2-20,22,24,30-31,40-41H,1,21,23,25-28H2/q+1/t30-,31+,40-,41+,43-/m0/s1. The molecule has 0 unspecified atom stereocenters. The number of aromatic nitrogens is 1. The molecule has 0 N–H and O–H groups in total. The van der Waals surface area contributed by atoms with Gasteiger partial charge in [0.15, 0.2) is 0 Å². The van der Waals surface area contributed by atoms with Gasteiger partial charge in [-0.3, -0.25) is 4.98 Å². The Kier molecular flexibility index (Phi) is 7.01. The average molecular weight is 576 g/mol. The summed E-state index contributed by atoms with van der Waals surface area (Å²) in [6.07, 6.45) is 6.53. The fraction of sp³-hybridized carbons (Fsp3) is 0.244. The van der Waals surface area contributed by atoms with Crippen LogP contribution in [0, 0.1) is 11.8 Å². The van der Waals surface area contributed by atoms with Crippen molar-refractivity contribution in [1.82, 2.24) is 4.98 Å². The van der Waals surface area contributed by atoms with Crippen LogP contribution in [0.3, 0.4) is 0 Å². The zero-order valence-corrected chi connectivity index (χ0v) is 25.2. The van der Waals surface area contributed by atoms with Gasteiger partial charge >= 0.3 is 0 Å². The predicted octanol–water partition coefficient (Wildman–Crippen LogP) is 9.41. The molecule has 3 aliphatic heterocycles. The van der Waals surface area contributed by atoms with Crippen molar-refractivity contribution < 1.29 is 9.22 Å². The molecule has 0 radical (unpaired) electrons. The number of fused-ring (bicyclic) bond motifs is 6. The van der Waals surface area contributed by atoms with Crippen LogP contribution in [0.25, 0.3) is 32.4 Å². The lowest BCUT2D eigenvalue weighted by atomic mass is 9.70. The third-order valence-corrected chi connectivity index (χ3v) is 10.6. The van der Waals surface area contributed by atoms with Gasteiger partial charge in [-0.1, -0.05) is 103 Å². The summed E-state index contributed by atoms with van der Waals surface area (Å²) in [6, 6.07) is 42.0. The normalized spacial score (nSPS) is 23.7. The van der Waals surface area contributed by atoms with Crippen molar-refractivity contribution in [3.05, 3.63) is 151 Å². The van der Waals surface area contributed by atoms with Crippen LogP contribution in [0.5, 0.6) is 0 Å². The first-order valence-corrected chi connectivity index (χ1v) is 16.1. The average Bonchev–Trinajstić information content (AvgIpc) is 3.09. The van der Waals surface area contributed by atoms with Crippen LogP contribution >= 0.6 is 0 Å². The molecule has 5 aromatic carbocycles. The van der Waals surface area contributed by atoms with E-state index in [0.29, 0.717) is 24.5 Å². The molecular weight excluding hydrogens is 536 g/mol. The van der Waals surface area contributed by atoms with Gasteiger partial charge in [0.05, 0.1) is 25.2 Å². The molecule has 1 aromatic heterocycles. The van der Waals surface area contributed by atoms with E-state index in [1.165, 1.54) is 50.0 Å². The van der Waals surface area contributed by atoms with Crippen molar-refractivity contribution >= 4 is 32.4 Å². The molecule has 0 amide bonds. The SMILES string of the molecule is C=C[C@H]1C[N@+]2(Cc3c4ccccc4cc4ccccc34)CC[C@@H]1C[C@H]2[C@H](OCc1ccccc1)c1ccnc2ccccc12. The van der Waals surface area contributed by atoms with Gasteiger partial charge in [-0.2, -0.15) is 0 Å². The molecule has 4 heterocycles. The summed E-state index contributed by atoms with van der Waals surface area (Å²) < 4.78 is 8.17. The number of piperidine rings is 3. The Morgan fingerprint density at radius 2 is 1.50 bits per heavy atom. The van der Waals surface area contributed by atoms with Gasteiger partial charge in [0, 0.05) is 35.9 Å². The lowest BCUT2D eigenvalue weighted by molar-refractivity contribution is -0.984. The number of para-hydroxylation sites is 1. The van der Waals surface area contributed by atoms with Crippen molar-refractivity contribution in [2.24, 2.45) is 11.8 Å². The van der Waals surface area contributed by atoms with E-state index < -0.39 is 0 Å². The number of ether oxygens (including phenoxy) is 1. The molecule has 44 heavy (non-hydrogen) atoms. The maximum absolute atomic E-state index is 7.15. The van der Waals surface area contributed by atoms with Crippen LogP contribution in [-0.2, 0) is 17.9 Å². The highest BCUT2D eigenvalue weighted by Gasteiger charge is 2.55. The van der Waals surface area contributed by atoms with E-state index in [0.717, 1.165) is 36.1 Å². The highest BCUT2D eigenvalue weighted by molar-refractivity contribution is 6.02. The molecule has 3 aliphatic rings. The van der Waals surface area contributed by atoms with E-state index in [2.05, 4.69) is 128 Å². The molecule has 0 saturated carbocycles. The molecule has 0 spiro atoms. The van der Waals surface area contributed by atoms with Gasteiger partial charge in [-0.05, 0) is 56.8 Å². The Balaban J connectivity index is 1.30. The number of benzene rings is 5. The van der Waals surface area contributed by atoms with Crippen LogP contribution < -0.4 is 0 Å². The van der Waals surface area contributed by atoms with Gasteiger partial charge in [-0.15, -0.1) is 6.58 Å². The van der Waals surface area contributed by atoms with Crippen molar-refractivity contribution in [2.75, 3.05) is 13.1 Å². The predicted molar refractivity (Wildman–Crippen MR) is 181 cm³/mol. The van der Waals surface area contributed by atoms with E-state index in [1.54, 1.807) is 0 Å². The van der Waals surface area contributed by atoms with E-state index in [1.807, 2.05) is 6.20 Å². The minimum Gasteiger partial charge on any atom is -0.363 e. The summed E-state index contributed by atoms with van der Waals surface area (Å²) in [5, 5.41) is 6.58. The van der Waals surface area contributed by atoms with Crippen molar-refractivity contribution in [2.45, 2.75) is 38.1 Å². The second kappa shape index (κ2) is 11.3. The van der Waals surface area contributed by atoms with Crippen LogP contribution in [-0.4, -0.2) is 28.6 Å². The highest BCUT2D eigenvalue weighted by atomic mass is 16.5. The molecule has 6 aromatic rings. The van der Waals surface area contributed by atoms with Crippen molar-refractivity contribution in [1.29, 1.82) is 0 Å². The molecular formula is C41H39N2O+. The van der Waals surface area contributed by atoms with Crippen LogP contribution in [0.1, 0.15) is 35.6 Å². The molecule has 9 rings (SSSR count). The number of pyridine rings is 1. The summed E-state index contributed by atoms with van der Waals surface area (Å²) in [5.41, 5.74) is 4.97. The maximum atomic E-state index is 7.15. The monoisotopic (exact) mass is 575 g/mol. The zero-order chi connectivity index (χ0) is 29.5. The summed E-state index contributed by atoms with van der Waals surface area (Å²) in [4.78, 5) is 4.74. The molecule has 0 aliphatic carbocycles. The molecule has 3 heteroatoms. The molecule has 3 nitrogen and oxygen atoms in total. The van der Waals surface area contributed by atoms with Gasteiger partial charge in [0.25, 0.3) is 0 Å². The Hall–Kier alpha value is -4.31. The summed E-state index contributed by atoms with van der Waals surface area (Å²) in [6.45, 7) is 8.17. The minimum absolute atomic E-state index is 0.0575. The third kappa shape index (κ3) is 4.72. The van der Waals surface area contributed by atoms with Crippen LogP contribution in [0.4, 0.5) is 0 Å². The Morgan fingerprint density at radius 3 is 2.25 bits per heavy atom. The summed E-state index contributed by atoms with van der Waals surface area (Å²) in [5.74, 6) is 1.16. The number of rotatable bonds is 8. The quantitative estimate of drug-likeness (QED) is 0.102. The van der Waals surface area contributed by atoms with Crippen LogP contribution in [0.15, 0.2) is 134 Å². The number of nitrogens with zero attached hydrogens (tertiary/aromatic N) is 2. The Bertz CT molecular complexity index is 1910. The first kappa shape index (κ1) is 27.3. The van der Waals surface area contributed by atoms with Gasteiger partial charge in [-0.25, -0.2) is 0 Å². The van der Waals surface area contributed by atoms with Gasteiger partial charge in [0.2, 0.25) is 0 Å². The van der Waals surface area contributed by atoms with E-state index in [4.69, 9.17) is 9.72 Å². The van der Waals surface area contributed by atoms with E-state index in [9.17, 15) is 0 Å². The zero-order valence-electron chi connectivity index (χ0n) is 25.2. The smallest absolute Gasteiger partial charge is 0.135 e. The first-order chi connectivity index (χ1) is 21.7. The van der Waals surface area contributed by atoms with E-state index >= 15 is 0 Å². The largest absolute Gasteiger partial charge is 0.363 e. The Labute approximate surface area is 260 Å². The van der Waals surface area contributed by atoms with Gasteiger partial charge in [0.1, 0.15) is 18.7 Å². The topological polar surface area (TPSA) is 22.1 Å². The van der Waals surface area contributed by atoms with E-state index in [-0.39, 0.29) is 6.10 Å². The van der Waals surface area contributed by atoms with Crippen LogP contribution in [0.2, 0.25) is 0 Å². The highest BCUT2D eigenvalue weighted by Crippen LogP contribution is 2.50. The van der Waals surface area contributed by atoms with Crippen molar-refractivity contribution in [3.8, 4) is 0 Å². The Morgan fingerprint density at radius 1 is 0.818 bits per heavy atom. The molecule has 3 saturated heterocycles. The second-order valence-electron chi connectivity index (χ2n) is 13.0.